The van der Waals surface area contributed by atoms with E-state index >= 15 is 0 Å². The van der Waals surface area contributed by atoms with Gasteiger partial charge in [-0.2, -0.15) is 0 Å². The molecule has 2 heterocycles. The van der Waals surface area contributed by atoms with Crippen LogP contribution in [-0.2, 0) is 9.53 Å². The number of rotatable bonds is 1. The summed E-state index contributed by atoms with van der Waals surface area (Å²) >= 11 is 5.81. The van der Waals surface area contributed by atoms with Gasteiger partial charge in [-0.05, 0) is 24.3 Å². The molecule has 2 fully saturated rings. The summed E-state index contributed by atoms with van der Waals surface area (Å²) < 4.78 is 5.35. The fourth-order valence-corrected chi connectivity index (χ4v) is 2.76. The SMILES string of the molecule is O=C1COCC2(CN1)CN(C(=O)c1ccc(Cl)cc1)C2. The lowest BCUT2D eigenvalue weighted by atomic mass is 9.80. The predicted octanol–water partition coefficient (Wildman–Crippen LogP) is 0.929. The highest BCUT2D eigenvalue weighted by atomic mass is 35.5. The topological polar surface area (TPSA) is 58.6 Å². The first-order valence-electron chi connectivity index (χ1n) is 6.47. The number of hydrogen-bond acceptors (Lipinski definition) is 3. The normalized spacial score (nSPS) is 21.1. The molecule has 3 rings (SSSR count). The molecule has 1 spiro atoms. The number of ether oxygens (including phenoxy) is 1. The van der Waals surface area contributed by atoms with Gasteiger partial charge in [0.25, 0.3) is 5.91 Å². The van der Waals surface area contributed by atoms with Gasteiger partial charge >= 0.3 is 0 Å². The third kappa shape index (κ3) is 2.51. The second kappa shape index (κ2) is 5.07. The Kier molecular flexibility index (Phi) is 3.40. The van der Waals surface area contributed by atoms with Crippen molar-refractivity contribution in [2.24, 2.45) is 5.41 Å². The minimum absolute atomic E-state index is 0.0112. The molecule has 0 unspecified atom stereocenters. The summed E-state index contributed by atoms with van der Waals surface area (Å²) in [6.07, 6.45) is 0. The second-order valence-corrected chi connectivity index (χ2v) is 5.87. The van der Waals surface area contributed by atoms with Gasteiger partial charge in [-0.1, -0.05) is 11.6 Å². The van der Waals surface area contributed by atoms with E-state index < -0.39 is 0 Å². The van der Waals surface area contributed by atoms with Crippen LogP contribution in [-0.4, -0.2) is 49.6 Å². The lowest BCUT2D eigenvalue weighted by Crippen LogP contribution is -2.63. The number of benzene rings is 1. The molecule has 0 saturated carbocycles. The number of nitrogens with one attached hydrogen (secondary N) is 1. The third-order valence-electron chi connectivity index (χ3n) is 3.73. The quantitative estimate of drug-likeness (QED) is 0.838. The van der Waals surface area contributed by atoms with Gasteiger partial charge in [0.2, 0.25) is 5.91 Å². The van der Waals surface area contributed by atoms with Crippen molar-refractivity contribution in [2.75, 3.05) is 32.8 Å². The molecule has 6 heteroatoms. The fourth-order valence-electron chi connectivity index (χ4n) is 2.63. The Labute approximate surface area is 121 Å². The van der Waals surface area contributed by atoms with Gasteiger partial charge in [0.1, 0.15) is 6.61 Å². The van der Waals surface area contributed by atoms with Crippen LogP contribution < -0.4 is 5.32 Å². The van der Waals surface area contributed by atoms with Crippen molar-refractivity contribution in [3.8, 4) is 0 Å². The molecular weight excluding hydrogens is 280 g/mol. The number of likely N-dealkylation sites (tertiary alicyclic amines) is 1. The lowest BCUT2D eigenvalue weighted by Gasteiger charge is -2.49. The Morgan fingerprint density at radius 1 is 1.30 bits per heavy atom. The Bertz CT molecular complexity index is 538. The van der Waals surface area contributed by atoms with Crippen molar-refractivity contribution in [1.29, 1.82) is 0 Å². The summed E-state index contributed by atoms with van der Waals surface area (Å²) in [5.41, 5.74) is 0.497. The zero-order chi connectivity index (χ0) is 14.2. The van der Waals surface area contributed by atoms with Gasteiger partial charge in [-0.15, -0.1) is 0 Å². The van der Waals surface area contributed by atoms with Crippen molar-refractivity contribution >= 4 is 23.4 Å². The van der Waals surface area contributed by atoms with Crippen molar-refractivity contribution in [3.05, 3.63) is 34.9 Å². The smallest absolute Gasteiger partial charge is 0.253 e. The molecule has 5 nitrogen and oxygen atoms in total. The molecule has 20 heavy (non-hydrogen) atoms. The largest absolute Gasteiger partial charge is 0.371 e. The van der Waals surface area contributed by atoms with E-state index in [1.807, 2.05) is 0 Å². The van der Waals surface area contributed by atoms with Crippen LogP contribution in [0.1, 0.15) is 10.4 Å². The average Bonchev–Trinajstić information content (AvgIpc) is 2.59. The predicted molar refractivity (Wildman–Crippen MR) is 73.6 cm³/mol. The van der Waals surface area contributed by atoms with E-state index in [1.165, 1.54) is 0 Å². The Morgan fingerprint density at radius 3 is 2.70 bits per heavy atom. The number of halogens is 1. The van der Waals surface area contributed by atoms with Gasteiger partial charge in [-0.3, -0.25) is 9.59 Å². The van der Waals surface area contributed by atoms with Crippen LogP contribution in [0.2, 0.25) is 5.02 Å². The fraction of sp³-hybridized carbons (Fsp3) is 0.429. The van der Waals surface area contributed by atoms with Crippen LogP contribution in [0.15, 0.2) is 24.3 Å². The summed E-state index contributed by atoms with van der Waals surface area (Å²) in [6.45, 7) is 2.39. The minimum atomic E-state index is -0.131. The number of amides is 2. The molecule has 2 aliphatic heterocycles. The van der Waals surface area contributed by atoms with Gasteiger partial charge in [0, 0.05) is 35.6 Å². The third-order valence-corrected chi connectivity index (χ3v) is 3.98. The first-order chi connectivity index (χ1) is 9.58. The maximum absolute atomic E-state index is 12.3. The molecule has 2 saturated heterocycles. The highest BCUT2D eigenvalue weighted by Crippen LogP contribution is 2.32. The monoisotopic (exact) mass is 294 g/mol. The summed E-state index contributed by atoms with van der Waals surface area (Å²) in [5, 5.41) is 3.44. The number of hydrogen-bond donors (Lipinski definition) is 1. The Morgan fingerprint density at radius 2 is 2.00 bits per heavy atom. The Hall–Kier alpha value is -1.59. The first-order valence-corrected chi connectivity index (χ1v) is 6.85. The van der Waals surface area contributed by atoms with E-state index in [0.29, 0.717) is 36.8 Å². The maximum Gasteiger partial charge on any atom is 0.253 e. The summed E-state index contributed by atoms with van der Waals surface area (Å²) in [5.74, 6) is -0.104. The van der Waals surface area contributed by atoms with Gasteiger partial charge in [0.15, 0.2) is 0 Å². The molecule has 0 atom stereocenters. The molecular formula is C14H15ClN2O3. The lowest BCUT2D eigenvalue weighted by molar-refractivity contribution is -0.124. The number of carbonyl (C=O) groups is 2. The van der Waals surface area contributed by atoms with E-state index in [4.69, 9.17) is 16.3 Å². The van der Waals surface area contributed by atoms with Crippen molar-refractivity contribution < 1.29 is 14.3 Å². The molecule has 0 bridgehead atoms. The standard InChI is InChI=1S/C14H15ClN2O3/c15-11-3-1-10(2-4-11)13(19)17-7-14(8-17)6-16-12(18)5-20-9-14/h1-4H,5-9H2,(H,16,18). The molecule has 0 radical (unpaired) electrons. The Balaban J connectivity index is 1.63. The zero-order valence-corrected chi connectivity index (χ0v) is 11.7. The molecule has 2 aliphatic rings. The summed E-state index contributed by atoms with van der Waals surface area (Å²) in [7, 11) is 0. The molecule has 1 N–H and O–H groups in total. The van der Waals surface area contributed by atoms with Gasteiger partial charge in [0.05, 0.1) is 6.61 Å². The average molecular weight is 295 g/mol. The van der Waals surface area contributed by atoms with Crippen LogP contribution in [0, 0.1) is 5.41 Å². The number of nitrogens with zero attached hydrogens (tertiary/aromatic N) is 1. The van der Waals surface area contributed by atoms with E-state index in [9.17, 15) is 9.59 Å². The highest BCUT2D eigenvalue weighted by Gasteiger charge is 2.46. The van der Waals surface area contributed by atoms with Gasteiger partial charge < -0.3 is 15.0 Å². The molecule has 0 aromatic heterocycles. The molecule has 106 valence electrons. The van der Waals surface area contributed by atoms with E-state index in [-0.39, 0.29) is 23.8 Å². The molecule has 0 aliphatic carbocycles. The van der Waals surface area contributed by atoms with Crippen molar-refractivity contribution in [1.82, 2.24) is 10.2 Å². The van der Waals surface area contributed by atoms with E-state index in [1.54, 1.807) is 29.2 Å². The van der Waals surface area contributed by atoms with Gasteiger partial charge in [-0.25, -0.2) is 0 Å². The highest BCUT2D eigenvalue weighted by molar-refractivity contribution is 6.30. The molecule has 2 amide bonds. The van der Waals surface area contributed by atoms with Crippen molar-refractivity contribution in [3.63, 3.8) is 0 Å². The van der Waals surface area contributed by atoms with Crippen LogP contribution in [0.5, 0.6) is 0 Å². The van der Waals surface area contributed by atoms with Crippen LogP contribution in [0.25, 0.3) is 0 Å². The summed E-state index contributed by atoms with van der Waals surface area (Å²) in [6, 6.07) is 6.86. The first kappa shape index (κ1) is 13.4. The van der Waals surface area contributed by atoms with Crippen molar-refractivity contribution in [2.45, 2.75) is 0 Å². The second-order valence-electron chi connectivity index (χ2n) is 5.44. The summed E-state index contributed by atoms with van der Waals surface area (Å²) in [4.78, 5) is 25.3. The maximum atomic E-state index is 12.3. The van der Waals surface area contributed by atoms with Crippen LogP contribution in [0.3, 0.4) is 0 Å². The van der Waals surface area contributed by atoms with Crippen LogP contribution in [0.4, 0.5) is 0 Å². The number of carbonyl (C=O) groups excluding carboxylic acids is 2. The van der Waals surface area contributed by atoms with Crippen LogP contribution >= 0.6 is 11.6 Å². The molecule has 1 aromatic rings. The minimum Gasteiger partial charge on any atom is -0.371 e. The van der Waals surface area contributed by atoms with E-state index in [2.05, 4.69) is 5.32 Å². The zero-order valence-electron chi connectivity index (χ0n) is 10.9. The molecule has 1 aromatic carbocycles. The van der Waals surface area contributed by atoms with E-state index in [0.717, 1.165) is 0 Å².